The van der Waals surface area contributed by atoms with Crippen LogP contribution < -0.4 is 0 Å². The molecule has 2 aliphatic carbocycles. The van der Waals surface area contributed by atoms with Gasteiger partial charge in [0.2, 0.25) is 0 Å². The number of carbonyl (C=O) groups is 2. The fourth-order valence-electron chi connectivity index (χ4n) is 5.48. The highest BCUT2D eigenvalue weighted by Crippen LogP contribution is 2.38. The SMILES string of the molecule is CCCC1CCC([C@H](/C=C/[C@H]2C(=O)C=C[C@@H]2C/C=C\CCCC(=O)O)OC2CCCCO2)C1. The maximum absolute atomic E-state index is 12.6. The van der Waals surface area contributed by atoms with Gasteiger partial charge in [0.05, 0.1) is 6.10 Å². The Bertz CT molecular complexity index is 703. The Kier molecular flexibility index (Phi) is 10.9. The number of hydrogen-bond donors (Lipinski definition) is 1. The lowest BCUT2D eigenvalue weighted by Crippen LogP contribution is -2.31. The Hall–Kier alpha value is -1.72. The molecule has 5 heteroatoms. The fourth-order valence-corrected chi connectivity index (χ4v) is 5.48. The maximum atomic E-state index is 12.6. The first-order valence-electron chi connectivity index (χ1n) is 13.1. The number of ketones is 1. The van der Waals surface area contributed by atoms with Crippen molar-refractivity contribution in [3.63, 3.8) is 0 Å². The quantitative estimate of drug-likeness (QED) is 0.261. The molecule has 1 saturated heterocycles. The largest absolute Gasteiger partial charge is 0.481 e. The van der Waals surface area contributed by atoms with E-state index in [-0.39, 0.29) is 36.4 Å². The van der Waals surface area contributed by atoms with Crippen LogP contribution in [-0.2, 0) is 19.1 Å². The second kappa shape index (κ2) is 13.9. The number of carboxylic acids is 1. The van der Waals surface area contributed by atoms with Gasteiger partial charge in [-0.15, -0.1) is 0 Å². The summed E-state index contributed by atoms with van der Waals surface area (Å²) in [5.41, 5.74) is 0. The third kappa shape index (κ3) is 8.53. The zero-order valence-corrected chi connectivity index (χ0v) is 20.2. The summed E-state index contributed by atoms with van der Waals surface area (Å²) >= 11 is 0. The van der Waals surface area contributed by atoms with Crippen molar-refractivity contribution in [3.8, 4) is 0 Å². The Morgan fingerprint density at radius 3 is 2.91 bits per heavy atom. The van der Waals surface area contributed by atoms with Crippen molar-refractivity contribution in [1.82, 2.24) is 0 Å². The number of ether oxygens (including phenoxy) is 2. The molecule has 0 aromatic heterocycles. The molecular weight excluding hydrogens is 416 g/mol. The second-order valence-electron chi connectivity index (χ2n) is 9.95. The standard InChI is InChI=1S/C28H42O5/c1-2-9-21-13-14-23(20-21)26(33-28-12-7-8-19-32-28)18-16-24-22(15-17-25(24)29)10-5-3-4-6-11-27(30)31/h3,5,15-18,21-24,26,28H,2,4,6-14,19-20H2,1H3,(H,30,31)/b5-3-,18-16+/t21?,22-,23?,24+,26-,28?/m0/s1. The number of hydrogen-bond acceptors (Lipinski definition) is 4. The van der Waals surface area contributed by atoms with E-state index in [9.17, 15) is 9.59 Å². The number of unbranched alkanes of at least 4 members (excludes halogenated alkanes) is 1. The highest BCUT2D eigenvalue weighted by molar-refractivity contribution is 5.95. The summed E-state index contributed by atoms with van der Waals surface area (Å²) in [6.45, 7) is 3.03. The summed E-state index contributed by atoms with van der Waals surface area (Å²) in [6.07, 6.45) is 23.8. The van der Waals surface area contributed by atoms with E-state index >= 15 is 0 Å². The summed E-state index contributed by atoms with van der Waals surface area (Å²) < 4.78 is 12.3. The average molecular weight is 459 g/mol. The van der Waals surface area contributed by atoms with Crippen LogP contribution in [0.1, 0.15) is 84.0 Å². The average Bonchev–Trinajstić information content (AvgIpc) is 3.41. The lowest BCUT2D eigenvalue weighted by Gasteiger charge is -2.30. The van der Waals surface area contributed by atoms with Crippen molar-refractivity contribution in [3.05, 3.63) is 36.5 Å². The van der Waals surface area contributed by atoms with E-state index in [1.165, 1.54) is 32.1 Å². The molecule has 0 spiro atoms. The zero-order chi connectivity index (χ0) is 23.5. The number of aliphatic carboxylic acids is 1. The van der Waals surface area contributed by atoms with E-state index < -0.39 is 5.97 Å². The molecule has 3 aliphatic rings. The molecule has 1 saturated carbocycles. The maximum Gasteiger partial charge on any atom is 0.303 e. The zero-order valence-electron chi connectivity index (χ0n) is 20.2. The molecule has 0 bridgehead atoms. The van der Waals surface area contributed by atoms with Gasteiger partial charge >= 0.3 is 5.97 Å². The van der Waals surface area contributed by atoms with Crippen LogP contribution in [0.15, 0.2) is 36.5 Å². The van der Waals surface area contributed by atoms with E-state index in [1.54, 1.807) is 6.08 Å². The van der Waals surface area contributed by atoms with Gasteiger partial charge in [0.15, 0.2) is 12.1 Å². The molecule has 3 unspecified atom stereocenters. The third-order valence-electron chi connectivity index (χ3n) is 7.33. The van der Waals surface area contributed by atoms with Crippen LogP contribution in [0.25, 0.3) is 0 Å². The Morgan fingerprint density at radius 2 is 2.15 bits per heavy atom. The molecule has 6 atom stereocenters. The summed E-state index contributed by atoms with van der Waals surface area (Å²) in [5.74, 6) is 0.725. The van der Waals surface area contributed by atoms with Gasteiger partial charge in [0, 0.05) is 18.9 Å². The molecule has 3 rings (SSSR count). The van der Waals surface area contributed by atoms with Crippen molar-refractivity contribution >= 4 is 11.8 Å². The number of allylic oxidation sites excluding steroid dienone is 5. The van der Waals surface area contributed by atoms with Gasteiger partial charge in [-0.1, -0.05) is 56.6 Å². The normalized spacial score (nSPS) is 31.2. The minimum atomic E-state index is -0.753. The lowest BCUT2D eigenvalue weighted by molar-refractivity contribution is -0.187. The molecule has 0 radical (unpaired) electrons. The Morgan fingerprint density at radius 1 is 1.27 bits per heavy atom. The van der Waals surface area contributed by atoms with Gasteiger partial charge in [-0.05, 0) is 75.2 Å². The van der Waals surface area contributed by atoms with Crippen molar-refractivity contribution in [1.29, 1.82) is 0 Å². The first-order valence-corrected chi connectivity index (χ1v) is 13.1. The van der Waals surface area contributed by atoms with E-state index in [4.69, 9.17) is 14.6 Å². The molecule has 0 aromatic carbocycles. The molecule has 0 amide bonds. The van der Waals surface area contributed by atoms with E-state index in [0.717, 1.165) is 44.6 Å². The molecule has 2 fully saturated rings. The third-order valence-corrected chi connectivity index (χ3v) is 7.33. The summed E-state index contributed by atoms with van der Waals surface area (Å²) in [6, 6.07) is 0. The minimum absolute atomic E-state index is 0.00978. The van der Waals surface area contributed by atoms with Crippen LogP contribution in [0.5, 0.6) is 0 Å². The molecule has 1 aliphatic heterocycles. The minimum Gasteiger partial charge on any atom is -0.481 e. The van der Waals surface area contributed by atoms with Gasteiger partial charge in [-0.3, -0.25) is 9.59 Å². The van der Waals surface area contributed by atoms with Crippen molar-refractivity contribution in [2.75, 3.05) is 6.61 Å². The van der Waals surface area contributed by atoms with Crippen molar-refractivity contribution < 1.29 is 24.2 Å². The number of rotatable bonds is 13. The van der Waals surface area contributed by atoms with Crippen LogP contribution >= 0.6 is 0 Å². The molecule has 1 heterocycles. The van der Waals surface area contributed by atoms with Crippen LogP contribution in [0.2, 0.25) is 0 Å². The van der Waals surface area contributed by atoms with Gasteiger partial charge in [0.25, 0.3) is 0 Å². The first kappa shape index (κ1) is 25.9. The smallest absolute Gasteiger partial charge is 0.303 e. The van der Waals surface area contributed by atoms with Crippen molar-refractivity contribution in [2.45, 2.75) is 96.4 Å². The van der Waals surface area contributed by atoms with Crippen molar-refractivity contribution in [2.24, 2.45) is 23.7 Å². The molecule has 33 heavy (non-hydrogen) atoms. The van der Waals surface area contributed by atoms with Crippen LogP contribution in [0.4, 0.5) is 0 Å². The van der Waals surface area contributed by atoms with Crippen LogP contribution in [0, 0.1) is 23.7 Å². The number of carbonyl (C=O) groups excluding carboxylic acids is 1. The van der Waals surface area contributed by atoms with E-state index in [1.807, 2.05) is 12.2 Å². The van der Waals surface area contributed by atoms with E-state index in [2.05, 4.69) is 25.2 Å². The number of carboxylic acid groups (broad SMARTS) is 1. The Balaban J connectivity index is 1.58. The van der Waals surface area contributed by atoms with Gasteiger partial charge in [0.1, 0.15) is 0 Å². The van der Waals surface area contributed by atoms with Crippen LogP contribution in [0.3, 0.4) is 0 Å². The molecule has 1 N–H and O–H groups in total. The molecular formula is C28H42O5. The highest BCUT2D eigenvalue weighted by Gasteiger charge is 2.33. The topological polar surface area (TPSA) is 72.8 Å². The first-order chi connectivity index (χ1) is 16.1. The predicted molar refractivity (Wildman–Crippen MR) is 130 cm³/mol. The fraction of sp³-hybridized carbons (Fsp3) is 0.714. The summed E-state index contributed by atoms with van der Waals surface area (Å²) in [7, 11) is 0. The van der Waals surface area contributed by atoms with Gasteiger partial charge < -0.3 is 14.6 Å². The van der Waals surface area contributed by atoms with Crippen LogP contribution in [-0.4, -0.2) is 35.9 Å². The van der Waals surface area contributed by atoms with Gasteiger partial charge in [-0.2, -0.15) is 0 Å². The monoisotopic (exact) mass is 458 g/mol. The molecule has 184 valence electrons. The highest BCUT2D eigenvalue weighted by atomic mass is 16.7. The lowest BCUT2D eigenvalue weighted by atomic mass is 9.89. The Labute approximate surface area is 199 Å². The molecule has 0 aromatic rings. The van der Waals surface area contributed by atoms with Gasteiger partial charge in [-0.25, -0.2) is 0 Å². The van der Waals surface area contributed by atoms with E-state index in [0.29, 0.717) is 12.3 Å². The summed E-state index contributed by atoms with van der Waals surface area (Å²) in [4.78, 5) is 23.2. The molecule has 5 nitrogen and oxygen atoms in total. The predicted octanol–water partition coefficient (Wildman–Crippen LogP) is 6.24. The summed E-state index contributed by atoms with van der Waals surface area (Å²) in [5, 5.41) is 8.74. The second-order valence-corrected chi connectivity index (χ2v) is 9.95.